The van der Waals surface area contributed by atoms with Crippen LogP contribution in [0.3, 0.4) is 0 Å². The van der Waals surface area contributed by atoms with Crippen LogP contribution in [-0.2, 0) is 11.3 Å². The first-order chi connectivity index (χ1) is 7.75. The minimum absolute atomic E-state index is 0.306. The molecule has 3 heteroatoms. The Kier molecular flexibility index (Phi) is 3.99. The van der Waals surface area contributed by atoms with Crippen molar-refractivity contribution in [3.05, 3.63) is 34.3 Å². The van der Waals surface area contributed by atoms with E-state index in [1.165, 1.54) is 12.0 Å². The maximum Gasteiger partial charge on any atom is 0.222 e. The third kappa shape index (κ3) is 3.08. The standard InChI is InChI=1S/C13H16BrNO/c14-12-7-5-11(6-8-12)10-15-9-3-1-2-4-13(15)16/h5-8H,1-4,9-10H2. The quantitative estimate of drug-likeness (QED) is 0.814. The van der Waals surface area contributed by atoms with Gasteiger partial charge in [-0.2, -0.15) is 0 Å². The average Bonchev–Trinajstić information content (AvgIpc) is 2.48. The minimum atomic E-state index is 0.306. The van der Waals surface area contributed by atoms with Gasteiger partial charge in [-0.3, -0.25) is 4.79 Å². The highest BCUT2D eigenvalue weighted by molar-refractivity contribution is 9.10. The lowest BCUT2D eigenvalue weighted by molar-refractivity contribution is -0.131. The third-order valence-corrected chi connectivity index (χ3v) is 3.49. The Balaban J connectivity index is 2.02. The van der Waals surface area contributed by atoms with Crippen LogP contribution in [0.25, 0.3) is 0 Å². The number of hydrogen-bond acceptors (Lipinski definition) is 1. The summed E-state index contributed by atoms with van der Waals surface area (Å²) >= 11 is 3.41. The zero-order chi connectivity index (χ0) is 11.4. The lowest BCUT2D eigenvalue weighted by Crippen LogP contribution is -2.29. The van der Waals surface area contributed by atoms with Crippen LogP contribution in [0.15, 0.2) is 28.7 Å². The number of likely N-dealkylation sites (tertiary alicyclic amines) is 1. The second-order valence-corrected chi connectivity index (χ2v) is 5.17. The minimum Gasteiger partial charge on any atom is -0.338 e. The van der Waals surface area contributed by atoms with Gasteiger partial charge in [0.1, 0.15) is 0 Å². The van der Waals surface area contributed by atoms with Crippen molar-refractivity contribution in [2.45, 2.75) is 32.2 Å². The van der Waals surface area contributed by atoms with E-state index >= 15 is 0 Å². The van der Waals surface area contributed by atoms with Crippen LogP contribution >= 0.6 is 15.9 Å². The molecule has 1 aromatic carbocycles. The molecule has 2 rings (SSSR count). The van der Waals surface area contributed by atoms with Crippen molar-refractivity contribution in [2.24, 2.45) is 0 Å². The van der Waals surface area contributed by atoms with Crippen molar-refractivity contribution in [3.8, 4) is 0 Å². The van der Waals surface area contributed by atoms with E-state index in [4.69, 9.17) is 0 Å². The molecule has 1 fully saturated rings. The average molecular weight is 282 g/mol. The van der Waals surface area contributed by atoms with E-state index in [1.807, 2.05) is 17.0 Å². The molecule has 16 heavy (non-hydrogen) atoms. The Morgan fingerprint density at radius 1 is 1.12 bits per heavy atom. The molecule has 86 valence electrons. The molecule has 0 aliphatic carbocycles. The summed E-state index contributed by atoms with van der Waals surface area (Å²) in [6.45, 7) is 1.67. The molecule has 1 aliphatic heterocycles. The van der Waals surface area contributed by atoms with Crippen molar-refractivity contribution in [1.29, 1.82) is 0 Å². The van der Waals surface area contributed by atoms with Gasteiger partial charge in [0.2, 0.25) is 5.91 Å². The van der Waals surface area contributed by atoms with E-state index in [-0.39, 0.29) is 0 Å². The molecule has 1 amide bonds. The second kappa shape index (κ2) is 5.48. The number of rotatable bonds is 2. The fourth-order valence-electron chi connectivity index (χ4n) is 2.02. The van der Waals surface area contributed by atoms with Crippen LogP contribution < -0.4 is 0 Å². The lowest BCUT2D eigenvalue weighted by Gasteiger charge is -2.20. The Hall–Kier alpha value is -0.830. The summed E-state index contributed by atoms with van der Waals surface area (Å²) in [5.74, 6) is 0.306. The summed E-state index contributed by atoms with van der Waals surface area (Å²) in [6.07, 6.45) is 4.09. The highest BCUT2D eigenvalue weighted by Crippen LogP contribution is 2.16. The summed E-state index contributed by atoms with van der Waals surface area (Å²) in [5, 5.41) is 0. The lowest BCUT2D eigenvalue weighted by atomic mass is 10.2. The maximum absolute atomic E-state index is 11.8. The Labute approximate surface area is 105 Å². The number of amides is 1. The number of nitrogens with zero attached hydrogens (tertiary/aromatic N) is 1. The van der Waals surface area contributed by atoms with Crippen LogP contribution in [-0.4, -0.2) is 17.4 Å². The van der Waals surface area contributed by atoms with Gasteiger partial charge < -0.3 is 4.90 Å². The summed E-state index contributed by atoms with van der Waals surface area (Å²) in [7, 11) is 0. The van der Waals surface area contributed by atoms with Gasteiger partial charge in [-0.05, 0) is 30.5 Å². The van der Waals surface area contributed by atoms with Gasteiger partial charge in [-0.1, -0.05) is 34.5 Å². The molecular formula is C13H16BrNO. The molecule has 0 bridgehead atoms. The molecule has 2 nitrogen and oxygen atoms in total. The zero-order valence-corrected chi connectivity index (χ0v) is 10.9. The smallest absolute Gasteiger partial charge is 0.222 e. The van der Waals surface area contributed by atoms with Crippen LogP contribution in [0.1, 0.15) is 31.2 Å². The maximum atomic E-state index is 11.8. The van der Waals surface area contributed by atoms with Gasteiger partial charge in [0.25, 0.3) is 0 Å². The van der Waals surface area contributed by atoms with Crippen LogP contribution in [0.4, 0.5) is 0 Å². The molecule has 1 heterocycles. The van der Waals surface area contributed by atoms with E-state index in [1.54, 1.807) is 0 Å². The fraction of sp³-hybridized carbons (Fsp3) is 0.462. The molecule has 0 aromatic heterocycles. The van der Waals surface area contributed by atoms with E-state index in [2.05, 4.69) is 28.1 Å². The van der Waals surface area contributed by atoms with Crippen molar-refractivity contribution < 1.29 is 4.79 Å². The van der Waals surface area contributed by atoms with Crippen LogP contribution in [0, 0.1) is 0 Å². The molecule has 1 aliphatic rings. The van der Waals surface area contributed by atoms with E-state index in [0.29, 0.717) is 5.91 Å². The van der Waals surface area contributed by atoms with E-state index in [9.17, 15) is 4.79 Å². The monoisotopic (exact) mass is 281 g/mol. The first-order valence-electron chi connectivity index (χ1n) is 5.78. The van der Waals surface area contributed by atoms with Gasteiger partial charge in [0.05, 0.1) is 0 Å². The molecule has 1 saturated heterocycles. The number of carbonyl (C=O) groups excluding carboxylic acids is 1. The summed E-state index contributed by atoms with van der Waals surface area (Å²) < 4.78 is 1.08. The van der Waals surface area contributed by atoms with E-state index < -0.39 is 0 Å². The summed E-state index contributed by atoms with van der Waals surface area (Å²) in [4.78, 5) is 13.8. The predicted molar refractivity (Wildman–Crippen MR) is 68.0 cm³/mol. The highest BCUT2D eigenvalue weighted by atomic mass is 79.9. The van der Waals surface area contributed by atoms with Crippen LogP contribution in [0.5, 0.6) is 0 Å². The molecular weight excluding hydrogens is 266 g/mol. The van der Waals surface area contributed by atoms with E-state index in [0.717, 1.165) is 36.8 Å². The zero-order valence-electron chi connectivity index (χ0n) is 9.29. The molecule has 0 unspecified atom stereocenters. The molecule has 0 N–H and O–H groups in total. The van der Waals surface area contributed by atoms with Crippen LogP contribution in [0.2, 0.25) is 0 Å². The SMILES string of the molecule is O=C1CCCCCN1Cc1ccc(Br)cc1. The topological polar surface area (TPSA) is 20.3 Å². The molecule has 0 spiro atoms. The number of benzene rings is 1. The molecule has 0 atom stereocenters. The second-order valence-electron chi connectivity index (χ2n) is 4.25. The van der Waals surface area contributed by atoms with Crippen molar-refractivity contribution in [3.63, 3.8) is 0 Å². The first-order valence-corrected chi connectivity index (χ1v) is 6.57. The first kappa shape index (κ1) is 11.6. The largest absolute Gasteiger partial charge is 0.338 e. The molecule has 0 saturated carbocycles. The van der Waals surface area contributed by atoms with Crippen molar-refractivity contribution >= 4 is 21.8 Å². The fourth-order valence-corrected chi connectivity index (χ4v) is 2.28. The Bertz CT molecular complexity index is 361. The molecule has 1 aromatic rings. The summed E-state index contributed by atoms with van der Waals surface area (Å²) in [5.41, 5.74) is 1.21. The third-order valence-electron chi connectivity index (χ3n) is 2.96. The normalized spacial score (nSPS) is 17.3. The van der Waals surface area contributed by atoms with Gasteiger partial charge >= 0.3 is 0 Å². The molecule has 0 radical (unpaired) electrons. The van der Waals surface area contributed by atoms with Gasteiger partial charge in [0, 0.05) is 24.0 Å². The Morgan fingerprint density at radius 3 is 2.62 bits per heavy atom. The number of hydrogen-bond donors (Lipinski definition) is 0. The van der Waals surface area contributed by atoms with Crippen molar-refractivity contribution in [1.82, 2.24) is 4.90 Å². The van der Waals surface area contributed by atoms with Gasteiger partial charge in [-0.15, -0.1) is 0 Å². The van der Waals surface area contributed by atoms with Gasteiger partial charge in [0.15, 0.2) is 0 Å². The number of carbonyl (C=O) groups is 1. The van der Waals surface area contributed by atoms with Crippen molar-refractivity contribution in [2.75, 3.05) is 6.54 Å². The Morgan fingerprint density at radius 2 is 1.88 bits per heavy atom. The predicted octanol–water partition coefficient (Wildman–Crippen LogP) is 3.35. The van der Waals surface area contributed by atoms with Gasteiger partial charge in [-0.25, -0.2) is 0 Å². The number of halogens is 1. The highest BCUT2D eigenvalue weighted by Gasteiger charge is 2.16. The summed E-state index contributed by atoms with van der Waals surface area (Å²) in [6, 6.07) is 8.19.